The van der Waals surface area contributed by atoms with Gasteiger partial charge >= 0.3 is 7.82 Å². The average Bonchev–Trinajstić information content (AvgIpc) is 3.01. The summed E-state index contributed by atoms with van der Waals surface area (Å²) >= 11 is 0. The number of ether oxygens (including phenoxy) is 4. The zero-order chi connectivity index (χ0) is 22.0. The van der Waals surface area contributed by atoms with Gasteiger partial charge in [-0.05, 0) is 34.1 Å². The Morgan fingerprint density at radius 2 is 1.93 bits per heavy atom. The molecule has 0 saturated carbocycles. The molecule has 164 valence electrons. The van der Waals surface area contributed by atoms with Crippen molar-refractivity contribution in [1.29, 1.82) is 0 Å². The second-order valence-electron chi connectivity index (χ2n) is 7.68. The summed E-state index contributed by atoms with van der Waals surface area (Å²) in [6.07, 6.45) is -5.16. The van der Waals surface area contributed by atoms with Crippen LogP contribution in [0.5, 0.6) is 0 Å². The standard InChI is InChI=1S/C16H28B2FO9P/c1-8(2)23-6-10-14(13(20)15(18)26-10)28-29(21,22)24-7-16(19)11(25-9(3)4)5-12(17)27-16/h8-15,20H,5-7H2,1-4H3,(H,21,22)/t10-,11?,12-,13?,14?,15-,16-/m1/s1. The molecular weight excluding hydrogens is 408 g/mol. The van der Waals surface area contributed by atoms with E-state index in [4.69, 9.17) is 43.7 Å². The van der Waals surface area contributed by atoms with Gasteiger partial charge in [-0.1, -0.05) is 0 Å². The fourth-order valence-corrected chi connectivity index (χ4v) is 4.02. The van der Waals surface area contributed by atoms with E-state index in [9.17, 15) is 14.6 Å². The van der Waals surface area contributed by atoms with Crippen molar-refractivity contribution in [2.24, 2.45) is 0 Å². The first-order valence-corrected chi connectivity index (χ1v) is 11.0. The van der Waals surface area contributed by atoms with Gasteiger partial charge in [0.1, 0.15) is 46.7 Å². The fourth-order valence-electron chi connectivity index (χ4n) is 3.05. The van der Waals surface area contributed by atoms with E-state index in [2.05, 4.69) is 0 Å². The number of aliphatic hydroxyl groups is 1. The number of aliphatic hydroxyl groups excluding tert-OH is 1. The van der Waals surface area contributed by atoms with Crippen LogP contribution >= 0.6 is 7.82 Å². The third-order valence-electron chi connectivity index (χ3n) is 4.36. The first-order valence-electron chi connectivity index (χ1n) is 9.47. The maximum atomic E-state index is 15.1. The highest BCUT2D eigenvalue weighted by Gasteiger charge is 2.52. The summed E-state index contributed by atoms with van der Waals surface area (Å²) in [5.74, 6) is -2.53. The van der Waals surface area contributed by atoms with Crippen molar-refractivity contribution in [2.45, 2.75) is 88.6 Å². The zero-order valence-electron chi connectivity index (χ0n) is 17.0. The molecule has 0 bridgehead atoms. The molecule has 0 aromatic carbocycles. The molecule has 0 amide bonds. The van der Waals surface area contributed by atoms with Gasteiger partial charge in [-0.3, -0.25) is 9.05 Å². The van der Waals surface area contributed by atoms with Crippen molar-refractivity contribution in [3.63, 3.8) is 0 Å². The summed E-state index contributed by atoms with van der Waals surface area (Å²) < 4.78 is 58.5. The third kappa shape index (κ3) is 6.98. The van der Waals surface area contributed by atoms with Crippen molar-refractivity contribution in [3.05, 3.63) is 0 Å². The molecule has 0 aromatic heterocycles. The van der Waals surface area contributed by atoms with Crippen LogP contribution in [0.2, 0.25) is 0 Å². The van der Waals surface area contributed by atoms with Gasteiger partial charge < -0.3 is 28.9 Å². The molecule has 13 heteroatoms. The molecule has 9 nitrogen and oxygen atoms in total. The summed E-state index contributed by atoms with van der Waals surface area (Å²) in [6, 6.07) is -2.10. The van der Waals surface area contributed by atoms with Gasteiger partial charge in [0.15, 0.2) is 0 Å². The lowest BCUT2D eigenvalue weighted by atomic mass is 9.93. The Hall–Kier alpha value is -0.0301. The second-order valence-corrected chi connectivity index (χ2v) is 9.08. The van der Waals surface area contributed by atoms with E-state index in [0.717, 1.165) is 0 Å². The molecule has 0 spiro atoms. The van der Waals surface area contributed by atoms with E-state index in [1.165, 1.54) is 0 Å². The molecule has 2 rings (SSSR count). The molecule has 29 heavy (non-hydrogen) atoms. The fraction of sp³-hybridized carbons (Fsp3) is 1.00. The number of rotatable bonds is 10. The van der Waals surface area contributed by atoms with Crippen molar-refractivity contribution in [1.82, 2.24) is 0 Å². The molecule has 0 aliphatic carbocycles. The number of phosphoric ester groups is 1. The van der Waals surface area contributed by atoms with E-state index in [0.29, 0.717) is 0 Å². The number of phosphoric acid groups is 1. The summed E-state index contributed by atoms with van der Waals surface area (Å²) in [6.45, 7) is 5.97. The lowest BCUT2D eigenvalue weighted by Gasteiger charge is -2.29. The molecule has 2 aliphatic heterocycles. The van der Waals surface area contributed by atoms with Gasteiger partial charge in [-0.25, -0.2) is 8.96 Å². The SMILES string of the molecule is [B][C@@H]1O[C@H](COC(C)C)C(OP(=O)(O)OC[C@@]2(F)O[C@@H]([B])CC2OC(C)C)C1O. The minimum Gasteiger partial charge on any atom is -0.388 e. The Morgan fingerprint density at radius 3 is 2.52 bits per heavy atom. The maximum Gasteiger partial charge on any atom is 0.472 e. The smallest absolute Gasteiger partial charge is 0.388 e. The van der Waals surface area contributed by atoms with Gasteiger partial charge in [-0.15, -0.1) is 0 Å². The monoisotopic (exact) mass is 436 g/mol. The second kappa shape index (κ2) is 10.1. The molecule has 2 heterocycles. The van der Waals surface area contributed by atoms with E-state index < -0.39 is 56.7 Å². The van der Waals surface area contributed by atoms with Crippen LogP contribution in [0.1, 0.15) is 34.1 Å². The molecular formula is C16H28B2FO9P. The Morgan fingerprint density at radius 1 is 1.28 bits per heavy atom. The predicted molar refractivity (Wildman–Crippen MR) is 101 cm³/mol. The summed E-state index contributed by atoms with van der Waals surface area (Å²) in [5, 5.41) is 10.1. The third-order valence-corrected chi connectivity index (χ3v) is 5.32. The van der Waals surface area contributed by atoms with Crippen LogP contribution in [-0.4, -0.2) is 93.4 Å². The molecule has 8 atom stereocenters. The summed E-state index contributed by atoms with van der Waals surface area (Å²) in [5.41, 5.74) is 0. The molecule has 2 N–H and O–H groups in total. The van der Waals surface area contributed by atoms with Crippen LogP contribution in [-0.2, 0) is 32.6 Å². The average molecular weight is 436 g/mol. The van der Waals surface area contributed by atoms with E-state index in [-0.39, 0.29) is 25.2 Å². The number of hydrogen-bond acceptors (Lipinski definition) is 8. The first-order chi connectivity index (χ1) is 13.3. The maximum absolute atomic E-state index is 15.1. The lowest BCUT2D eigenvalue weighted by molar-refractivity contribution is -0.203. The highest BCUT2D eigenvalue weighted by atomic mass is 31.2. The molecule has 0 aromatic rings. The zero-order valence-corrected chi connectivity index (χ0v) is 17.9. The van der Waals surface area contributed by atoms with Crippen LogP contribution in [0.15, 0.2) is 0 Å². The van der Waals surface area contributed by atoms with Gasteiger partial charge in [0.05, 0.1) is 18.8 Å². The van der Waals surface area contributed by atoms with Crippen molar-refractivity contribution in [3.8, 4) is 0 Å². The van der Waals surface area contributed by atoms with Crippen molar-refractivity contribution < 1.29 is 47.0 Å². The number of alkyl halides is 1. The van der Waals surface area contributed by atoms with Crippen molar-refractivity contribution in [2.75, 3.05) is 13.2 Å². The molecule has 2 saturated heterocycles. The quantitative estimate of drug-likeness (QED) is 0.375. The highest BCUT2D eigenvalue weighted by Crippen LogP contribution is 2.49. The Balaban J connectivity index is 1.99. The molecule has 2 aliphatic rings. The van der Waals surface area contributed by atoms with E-state index >= 15 is 4.39 Å². The molecule has 4 unspecified atom stereocenters. The first kappa shape index (κ1) is 25.2. The van der Waals surface area contributed by atoms with Crippen LogP contribution < -0.4 is 0 Å². The normalized spacial score (nSPS) is 40.0. The van der Waals surface area contributed by atoms with Crippen LogP contribution in [0.3, 0.4) is 0 Å². The predicted octanol–water partition coefficient (Wildman–Crippen LogP) is 0.542. The van der Waals surface area contributed by atoms with E-state index in [1.807, 2.05) is 0 Å². The number of halogens is 1. The van der Waals surface area contributed by atoms with Crippen LogP contribution in [0.25, 0.3) is 0 Å². The Bertz CT molecular complexity index is 587. The van der Waals surface area contributed by atoms with E-state index in [1.54, 1.807) is 27.7 Å². The van der Waals surface area contributed by atoms with Crippen LogP contribution in [0.4, 0.5) is 4.39 Å². The summed E-state index contributed by atoms with van der Waals surface area (Å²) in [7, 11) is 6.41. The highest BCUT2D eigenvalue weighted by molar-refractivity contribution is 7.47. The van der Waals surface area contributed by atoms with Crippen LogP contribution in [0, 0.1) is 0 Å². The summed E-state index contributed by atoms with van der Waals surface area (Å²) in [4.78, 5) is 10.1. The Kier molecular flexibility index (Phi) is 8.75. The largest absolute Gasteiger partial charge is 0.472 e. The minimum atomic E-state index is -4.83. The molecule has 4 radical (unpaired) electrons. The lowest BCUT2D eigenvalue weighted by Crippen LogP contribution is -2.42. The van der Waals surface area contributed by atoms with Gasteiger partial charge in [0, 0.05) is 12.0 Å². The minimum absolute atomic E-state index is 0.0393. The Labute approximate surface area is 172 Å². The number of hydrogen-bond donors (Lipinski definition) is 2. The topological polar surface area (TPSA) is 113 Å². The van der Waals surface area contributed by atoms with Gasteiger partial charge in [-0.2, -0.15) is 0 Å². The van der Waals surface area contributed by atoms with Crippen molar-refractivity contribution >= 4 is 23.5 Å². The van der Waals surface area contributed by atoms with Gasteiger partial charge in [0.2, 0.25) is 0 Å². The van der Waals surface area contributed by atoms with Gasteiger partial charge in [0.25, 0.3) is 5.85 Å². The molecule has 2 fully saturated rings.